The maximum absolute atomic E-state index is 12.8. The molecule has 146 valence electrons. The molecule has 6 heteroatoms. The minimum absolute atomic E-state index is 0.283. The van der Waals surface area contributed by atoms with E-state index in [0.29, 0.717) is 25.5 Å². The smallest absolute Gasteiger partial charge is 0.123 e. The summed E-state index contributed by atoms with van der Waals surface area (Å²) < 4.78 is 23.7. The lowest BCUT2D eigenvalue weighted by atomic mass is 10.2. The Balaban J connectivity index is 1.26. The molecule has 1 atom stereocenters. The maximum atomic E-state index is 12.8. The molecule has 1 saturated heterocycles. The summed E-state index contributed by atoms with van der Waals surface area (Å²) in [5, 5.41) is 10.2. The molecule has 1 fully saturated rings. The molecule has 0 spiro atoms. The van der Waals surface area contributed by atoms with Crippen LogP contribution in [-0.4, -0.2) is 68.7 Å². The molecule has 1 heterocycles. The lowest BCUT2D eigenvalue weighted by Crippen LogP contribution is -2.49. The molecular formula is C21H27FN2O3. The summed E-state index contributed by atoms with van der Waals surface area (Å²) in [6, 6.07) is 16.3. The molecule has 27 heavy (non-hydrogen) atoms. The number of halogens is 1. The van der Waals surface area contributed by atoms with E-state index in [-0.39, 0.29) is 12.4 Å². The molecule has 0 unspecified atom stereocenters. The third-order valence-electron chi connectivity index (χ3n) is 4.58. The van der Waals surface area contributed by atoms with Gasteiger partial charge in [0.2, 0.25) is 0 Å². The second-order valence-electron chi connectivity index (χ2n) is 6.65. The summed E-state index contributed by atoms with van der Waals surface area (Å²) in [7, 11) is 0. The fourth-order valence-corrected chi connectivity index (χ4v) is 3.15. The Morgan fingerprint density at radius 1 is 0.926 bits per heavy atom. The number of piperazine rings is 1. The van der Waals surface area contributed by atoms with Crippen LogP contribution < -0.4 is 9.64 Å². The highest BCUT2D eigenvalue weighted by Crippen LogP contribution is 2.15. The lowest BCUT2D eigenvalue weighted by Gasteiger charge is -2.36. The summed E-state index contributed by atoms with van der Waals surface area (Å²) in [4.78, 5) is 4.63. The van der Waals surface area contributed by atoms with Crippen LogP contribution in [0.15, 0.2) is 54.6 Å². The number of β-amino-alcohol motifs (C(OH)–C–C–N with tert-alkyl or cyclic N) is 1. The number of anilines is 1. The van der Waals surface area contributed by atoms with Gasteiger partial charge < -0.3 is 19.5 Å². The minimum atomic E-state index is -0.515. The first-order valence-corrected chi connectivity index (χ1v) is 9.37. The van der Waals surface area contributed by atoms with E-state index in [2.05, 4.69) is 34.1 Å². The normalized spacial score (nSPS) is 16.3. The fourth-order valence-electron chi connectivity index (χ4n) is 3.15. The molecule has 0 amide bonds. The van der Waals surface area contributed by atoms with Gasteiger partial charge in [-0.1, -0.05) is 18.2 Å². The second kappa shape index (κ2) is 10.3. The van der Waals surface area contributed by atoms with Gasteiger partial charge in [-0.15, -0.1) is 0 Å². The molecular weight excluding hydrogens is 347 g/mol. The number of hydrogen-bond donors (Lipinski definition) is 1. The quantitative estimate of drug-likeness (QED) is 0.683. The Kier molecular flexibility index (Phi) is 7.45. The highest BCUT2D eigenvalue weighted by Gasteiger charge is 2.19. The summed E-state index contributed by atoms with van der Waals surface area (Å²) in [5.41, 5.74) is 1.25. The number of aliphatic hydroxyl groups is 1. The Bertz CT molecular complexity index is 661. The van der Waals surface area contributed by atoms with E-state index in [4.69, 9.17) is 9.47 Å². The van der Waals surface area contributed by atoms with E-state index in [9.17, 15) is 9.50 Å². The Labute approximate surface area is 159 Å². The zero-order valence-corrected chi connectivity index (χ0v) is 15.5. The monoisotopic (exact) mass is 374 g/mol. The van der Waals surface area contributed by atoms with Crippen LogP contribution in [0.25, 0.3) is 0 Å². The number of nitrogens with zero attached hydrogens (tertiary/aromatic N) is 2. The van der Waals surface area contributed by atoms with Crippen LogP contribution in [0.2, 0.25) is 0 Å². The van der Waals surface area contributed by atoms with Crippen LogP contribution in [0.5, 0.6) is 5.75 Å². The van der Waals surface area contributed by atoms with Gasteiger partial charge in [-0.2, -0.15) is 0 Å². The number of para-hydroxylation sites is 1. The van der Waals surface area contributed by atoms with Crippen molar-refractivity contribution in [2.24, 2.45) is 0 Å². The zero-order valence-electron chi connectivity index (χ0n) is 15.5. The van der Waals surface area contributed by atoms with Gasteiger partial charge in [0.25, 0.3) is 0 Å². The van der Waals surface area contributed by atoms with Gasteiger partial charge in [0.05, 0.1) is 19.3 Å². The largest absolute Gasteiger partial charge is 0.491 e. The molecule has 1 aliphatic rings. The molecule has 3 rings (SSSR count). The zero-order chi connectivity index (χ0) is 18.9. The highest BCUT2D eigenvalue weighted by atomic mass is 19.1. The molecule has 0 bridgehead atoms. The highest BCUT2D eigenvalue weighted by molar-refractivity contribution is 5.46. The van der Waals surface area contributed by atoms with Crippen molar-refractivity contribution in [2.75, 3.05) is 57.4 Å². The summed E-state index contributed by atoms with van der Waals surface area (Å²) in [6.45, 7) is 5.43. The van der Waals surface area contributed by atoms with Crippen LogP contribution in [0.1, 0.15) is 0 Å². The molecule has 0 saturated carbocycles. The number of aliphatic hydroxyl groups excluding tert-OH is 1. The third-order valence-corrected chi connectivity index (χ3v) is 4.58. The van der Waals surface area contributed by atoms with Gasteiger partial charge in [0, 0.05) is 38.4 Å². The molecule has 5 nitrogen and oxygen atoms in total. The predicted molar refractivity (Wildman–Crippen MR) is 104 cm³/mol. The van der Waals surface area contributed by atoms with Gasteiger partial charge in [0.1, 0.15) is 18.2 Å². The predicted octanol–water partition coefficient (Wildman–Crippen LogP) is 2.40. The Morgan fingerprint density at radius 2 is 1.63 bits per heavy atom. The van der Waals surface area contributed by atoms with Crippen molar-refractivity contribution in [3.63, 3.8) is 0 Å². The molecule has 0 aliphatic carbocycles. The van der Waals surface area contributed by atoms with Gasteiger partial charge in [-0.25, -0.2) is 4.39 Å². The molecule has 2 aromatic carbocycles. The van der Waals surface area contributed by atoms with Gasteiger partial charge in [0.15, 0.2) is 0 Å². The van der Waals surface area contributed by atoms with Crippen molar-refractivity contribution in [2.45, 2.75) is 6.10 Å². The van der Waals surface area contributed by atoms with Gasteiger partial charge in [-0.05, 0) is 36.4 Å². The van der Waals surface area contributed by atoms with E-state index in [1.807, 2.05) is 6.07 Å². The first-order valence-electron chi connectivity index (χ1n) is 9.37. The van der Waals surface area contributed by atoms with Crippen LogP contribution in [-0.2, 0) is 4.74 Å². The van der Waals surface area contributed by atoms with Crippen molar-refractivity contribution in [1.82, 2.24) is 4.90 Å². The third kappa shape index (κ3) is 6.50. The molecule has 2 aromatic rings. The van der Waals surface area contributed by atoms with Gasteiger partial charge in [-0.3, -0.25) is 4.90 Å². The Hall–Kier alpha value is -2.15. The average Bonchev–Trinajstić information content (AvgIpc) is 2.70. The van der Waals surface area contributed by atoms with Crippen molar-refractivity contribution in [3.8, 4) is 5.75 Å². The number of rotatable bonds is 9. The van der Waals surface area contributed by atoms with Crippen LogP contribution >= 0.6 is 0 Å². The van der Waals surface area contributed by atoms with Crippen LogP contribution in [0.3, 0.4) is 0 Å². The number of ether oxygens (including phenoxy) is 2. The lowest BCUT2D eigenvalue weighted by molar-refractivity contribution is 0.00717. The van der Waals surface area contributed by atoms with Gasteiger partial charge >= 0.3 is 0 Å². The number of hydrogen-bond acceptors (Lipinski definition) is 5. The maximum Gasteiger partial charge on any atom is 0.123 e. The summed E-state index contributed by atoms with van der Waals surface area (Å²) in [6.07, 6.45) is -0.515. The van der Waals surface area contributed by atoms with Crippen molar-refractivity contribution < 1.29 is 19.0 Å². The van der Waals surface area contributed by atoms with Crippen molar-refractivity contribution in [3.05, 3.63) is 60.4 Å². The average molecular weight is 374 g/mol. The van der Waals surface area contributed by atoms with Crippen molar-refractivity contribution in [1.29, 1.82) is 0 Å². The first-order chi connectivity index (χ1) is 13.2. The van der Waals surface area contributed by atoms with E-state index >= 15 is 0 Å². The van der Waals surface area contributed by atoms with E-state index < -0.39 is 6.10 Å². The van der Waals surface area contributed by atoms with Crippen LogP contribution in [0, 0.1) is 5.82 Å². The van der Waals surface area contributed by atoms with E-state index in [0.717, 1.165) is 26.2 Å². The first kappa shape index (κ1) is 19.6. The number of benzene rings is 2. The molecule has 1 N–H and O–H groups in total. The molecule has 1 aliphatic heterocycles. The Morgan fingerprint density at radius 3 is 2.33 bits per heavy atom. The van der Waals surface area contributed by atoms with E-state index in [1.165, 1.54) is 17.8 Å². The van der Waals surface area contributed by atoms with Crippen molar-refractivity contribution >= 4 is 5.69 Å². The second-order valence-corrected chi connectivity index (χ2v) is 6.65. The van der Waals surface area contributed by atoms with Crippen LogP contribution in [0.4, 0.5) is 10.1 Å². The SMILES string of the molecule is O[C@H](COCCOc1ccc(F)cc1)CN1CCN(c2ccccc2)CC1. The summed E-state index contributed by atoms with van der Waals surface area (Å²) in [5.74, 6) is 0.322. The fraction of sp³-hybridized carbons (Fsp3) is 0.429. The standard InChI is InChI=1S/C21H27FN2O3/c22-18-6-8-21(9-7-18)27-15-14-26-17-20(25)16-23-10-12-24(13-11-23)19-4-2-1-3-5-19/h1-9,20,25H,10-17H2/t20-/m0/s1. The molecule has 0 aromatic heterocycles. The summed E-state index contributed by atoms with van der Waals surface area (Å²) >= 11 is 0. The topological polar surface area (TPSA) is 45.2 Å². The molecule has 0 radical (unpaired) electrons. The minimum Gasteiger partial charge on any atom is -0.491 e. The van der Waals surface area contributed by atoms with E-state index in [1.54, 1.807) is 12.1 Å².